The van der Waals surface area contributed by atoms with E-state index in [1.54, 1.807) is 0 Å². The van der Waals surface area contributed by atoms with Gasteiger partial charge in [-0.3, -0.25) is 4.79 Å². The third-order valence-corrected chi connectivity index (χ3v) is 4.71. The van der Waals surface area contributed by atoms with E-state index in [1.807, 2.05) is 39.8 Å². The minimum absolute atomic E-state index is 0.109. The predicted octanol–water partition coefficient (Wildman–Crippen LogP) is 3.22. The highest BCUT2D eigenvalue weighted by Gasteiger charge is 2.47. The molecule has 5 nitrogen and oxygen atoms in total. The molecule has 3 rings (SSSR count). The Kier molecular flexibility index (Phi) is 3.90. The van der Waals surface area contributed by atoms with E-state index in [0.717, 1.165) is 11.5 Å². The van der Waals surface area contributed by atoms with Crippen LogP contribution >= 0.6 is 0 Å². The minimum Gasteiger partial charge on any atom is -0.466 e. The van der Waals surface area contributed by atoms with Crippen LogP contribution in [0.3, 0.4) is 0 Å². The van der Waals surface area contributed by atoms with Crippen LogP contribution in [0.25, 0.3) is 0 Å². The van der Waals surface area contributed by atoms with Crippen LogP contribution in [-0.2, 0) is 14.3 Å². The molecule has 0 saturated heterocycles. The van der Waals surface area contributed by atoms with Crippen molar-refractivity contribution in [3.8, 4) is 0 Å². The van der Waals surface area contributed by atoms with Crippen LogP contribution in [0.1, 0.15) is 44.6 Å². The summed E-state index contributed by atoms with van der Waals surface area (Å²) >= 11 is 0. The largest absolute Gasteiger partial charge is 0.466 e. The van der Waals surface area contributed by atoms with Gasteiger partial charge in [0.15, 0.2) is 0 Å². The topological polar surface area (TPSA) is 68.5 Å². The van der Waals surface area contributed by atoms with Gasteiger partial charge in [-0.05, 0) is 31.4 Å². The van der Waals surface area contributed by atoms with Crippen LogP contribution in [0.15, 0.2) is 39.6 Å². The van der Waals surface area contributed by atoms with E-state index in [0.29, 0.717) is 23.5 Å². The molecule has 2 atom stereocenters. The smallest absolute Gasteiger partial charge is 0.336 e. The Morgan fingerprint density at radius 3 is 2.58 bits per heavy atom. The molecule has 0 spiro atoms. The van der Waals surface area contributed by atoms with Crippen molar-refractivity contribution in [1.82, 2.24) is 5.32 Å². The molecule has 1 N–H and O–H groups in total. The number of ketones is 1. The molecule has 0 amide bonds. The monoisotopic (exact) mass is 329 g/mol. The van der Waals surface area contributed by atoms with Gasteiger partial charge in [0.25, 0.3) is 0 Å². The molecule has 0 fully saturated rings. The summed E-state index contributed by atoms with van der Waals surface area (Å²) in [5.41, 5.74) is 1.80. The molecule has 1 aliphatic heterocycles. The molecule has 1 aromatic heterocycles. The van der Waals surface area contributed by atoms with Crippen molar-refractivity contribution in [2.75, 3.05) is 7.11 Å². The van der Waals surface area contributed by atoms with Gasteiger partial charge in [-0.1, -0.05) is 19.9 Å². The molecular formula is C19H23NO4. The van der Waals surface area contributed by atoms with Crippen LogP contribution in [0, 0.1) is 18.3 Å². The first kappa shape index (κ1) is 16.6. The van der Waals surface area contributed by atoms with Crippen LogP contribution < -0.4 is 5.32 Å². The number of carbonyl (C=O) groups is 2. The average Bonchev–Trinajstić information content (AvgIpc) is 2.90. The SMILES string of the molecule is COC(=O)C1=C(C)NC2=CC(C)(C)CC(=O)C2C1c1ccc(C)o1. The van der Waals surface area contributed by atoms with Crippen molar-refractivity contribution in [1.29, 1.82) is 0 Å². The van der Waals surface area contributed by atoms with Gasteiger partial charge >= 0.3 is 5.97 Å². The maximum Gasteiger partial charge on any atom is 0.336 e. The third-order valence-electron chi connectivity index (χ3n) is 4.71. The number of rotatable bonds is 2. The number of fused-ring (bicyclic) bond motifs is 1. The highest BCUT2D eigenvalue weighted by atomic mass is 16.5. The van der Waals surface area contributed by atoms with Gasteiger partial charge in [0.05, 0.1) is 24.5 Å². The lowest BCUT2D eigenvalue weighted by molar-refractivity contribution is -0.137. The number of hydrogen-bond acceptors (Lipinski definition) is 5. The van der Waals surface area contributed by atoms with Crippen molar-refractivity contribution in [3.05, 3.63) is 46.7 Å². The van der Waals surface area contributed by atoms with E-state index in [1.165, 1.54) is 7.11 Å². The maximum absolute atomic E-state index is 12.9. The summed E-state index contributed by atoms with van der Waals surface area (Å²) in [5, 5.41) is 3.25. The first-order chi connectivity index (χ1) is 11.2. The zero-order chi connectivity index (χ0) is 17.6. The summed E-state index contributed by atoms with van der Waals surface area (Å²) in [6.45, 7) is 7.76. The number of Topliss-reactive ketones (excluding diaryl/α,β-unsaturated/α-hetero) is 1. The van der Waals surface area contributed by atoms with Gasteiger partial charge in [0.2, 0.25) is 0 Å². The predicted molar refractivity (Wildman–Crippen MR) is 89.0 cm³/mol. The molecule has 1 aliphatic carbocycles. The lowest BCUT2D eigenvalue weighted by Crippen LogP contribution is -2.43. The second-order valence-corrected chi connectivity index (χ2v) is 7.29. The molecule has 5 heteroatoms. The molecule has 2 aliphatic rings. The summed E-state index contributed by atoms with van der Waals surface area (Å²) in [6, 6.07) is 3.69. The van der Waals surface area contributed by atoms with Gasteiger partial charge in [0, 0.05) is 17.8 Å². The number of methoxy groups -OCH3 is 1. The highest BCUT2D eigenvalue weighted by molar-refractivity contribution is 5.96. The first-order valence-electron chi connectivity index (χ1n) is 8.11. The van der Waals surface area contributed by atoms with E-state index >= 15 is 0 Å². The normalized spacial score (nSPS) is 25.7. The van der Waals surface area contributed by atoms with Crippen molar-refractivity contribution in [2.45, 2.75) is 40.0 Å². The molecule has 1 aromatic rings. The zero-order valence-corrected chi connectivity index (χ0v) is 14.7. The van der Waals surface area contributed by atoms with Crippen molar-refractivity contribution < 1.29 is 18.7 Å². The van der Waals surface area contributed by atoms with Crippen LogP contribution in [0.2, 0.25) is 0 Å². The van der Waals surface area contributed by atoms with Crippen molar-refractivity contribution in [3.63, 3.8) is 0 Å². The summed E-state index contributed by atoms with van der Waals surface area (Å²) < 4.78 is 10.8. The second-order valence-electron chi connectivity index (χ2n) is 7.29. The fourth-order valence-corrected chi connectivity index (χ4v) is 3.77. The Labute approximate surface area is 141 Å². The Bertz CT molecular complexity index is 766. The molecular weight excluding hydrogens is 306 g/mol. The standard InChI is InChI=1S/C19H23NO4/c1-10-6-7-14(24-10)17-15(18(22)23-5)11(2)20-12-8-19(3,4)9-13(21)16(12)17/h6-8,16-17,20H,9H2,1-5H3. The Balaban J connectivity index is 2.20. The molecule has 0 bridgehead atoms. The Hall–Kier alpha value is -2.30. The summed E-state index contributed by atoms with van der Waals surface area (Å²) in [6.07, 6.45) is 2.53. The van der Waals surface area contributed by atoms with E-state index < -0.39 is 17.8 Å². The van der Waals surface area contributed by atoms with Crippen LogP contribution in [-0.4, -0.2) is 18.9 Å². The third kappa shape index (κ3) is 2.68. The lowest BCUT2D eigenvalue weighted by Gasteiger charge is -2.40. The highest BCUT2D eigenvalue weighted by Crippen LogP contribution is 2.47. The molecule has 0 aromatic carbocycles. The fourth-order valence-electron chi connectivity index (χ4n) is 3.77. The summed E-state index contributed by atoms with van der Waals surface area (Å²) in [5.74, 6) is 0.148. The van der Waals surface area contributed by atoms with Gasteiger partial charge in [-0.2, -0.15) is 0 Å². The minimum atomic E-state index is -0.456. The maximum atomic E-state index is 12.9. The molecule has 2 heterocycles. The second kappa shape index (κ2) is 5.65. The quantitative estimate of drug-likeness (QED) is 0.844. The lowest BCUT2D eigenvalue weighted by atomic mass is 9.67. The van der Waals surface area contributed by atoms with Crippen molar-refractivity contribution >= 4 is 11.8 Å². The van der Waals surface area contributed by atoms with E-state index in [-0.39, 0.29) is 11.2 Å². The number of ether oxygens (including phenoxy) is 1. The van der Waals surface area contributed by atoms with Crippen molar-refractivity contribution in [2.24, 2.45) is 11.3 Å². The van der Waals surface area contributed by atoms with E-state index in [4.69, 9.17) is 9.15 Å². The molecule has 128 valence electrons. The average molecular weight is 329 g/mol. The molecule has 24 heavy (non-hydrogen) atoms. The number of allylic oxidation sites excluding steroid dienone is 3. The Morgan fingerprint density at radius 2 is 2.00 bits per heavy atom. The summed E-state index contributed by atoms with van der Waals surface area (Å²) in [4.78, 5) is 25.3. The van der Waals surface area contributed by atoms with Gasteiger partial charge in [-0.15, -0.1) is 0 Å². The van der Waals surface area contributed by atoms with E-state index in [2.05, 4.69) is 11.4 Å². The number of furan rings is 1. The van der Waals surface area contributed by atoms with Crippen LogP contribution in [0.4, 0.5) is 0 Å². The van der Waals surface area contributed by atoms with Gasteiger partial charge < -0.3 is 14.5 Å². The number of aryl methyl sites for hydroxylation is 1. The molecule has 0 radical (unpaired) electrons. The summed E-state index contributed by atoms with van der Waals surface area (Å²) in [7, 11) is 1.35. The fraction of sp³-hybridized carbons (Fsp3) is 0.474. The van der Waals surface area contributed by atoms with Gasteiger partial charge in [-0.25, -0.2) is 4.79 Å². The molecule has 2 unspecified atom stereocenters. The number of nitrogens with one attached hydrogen (secondary N) is 1. The zero-order valence-electron chi connectivity index (χ0n) is 14.7. The molecule has 0 saturated carbocycles. The first-order valence-corrected chi connectivity index (χ1v) is 8.11. The van der Waals surface area contributed by atoms with Gasteiger partial charge in [0.1, 0.15) is 17.3 Å². The number of carbonyl (C=O) groups excluding carboxylic acids is 2. The number of esters is 1. The number of hydrogen-bond donors (Lipinski definition) is 1. The Morgan fingerprint density at radius 1 is 1.29 bits per heavy atom. The van der Waals surface area contributed by atoms with Crippen LogP contribution in [0.5, 0.6) is 0 Å². The van der Waals surface area contributed by atoms with E-state index in [9.17, 15) is 9.59 Å².